The molecule has 2 rings (SSSR count). The van der Waals surface area contributed by atoms with E-state index in [4.69, 9.17) is 5.41 Å². The maximum Gasteiger partial charge on any atom is 0.189 e. The van der Waals surface area contributed by atoms with Crippen LogP contribution in [0.4, 0.5) is 0 Å². The van der Waals surface area contributed by atoms with E-state index >= 15 is 0 Å². The van der Waals surface area contributed by atoms with E-state index in [1.165, 1.54) is 43.2 Å². The molecule has 122 valence electrons. The van der Waals surface area contributed by atoms with Gasteiger partial charge in [-0.1, -0.05) is 56.9 Å². The van der Waals surface area contributed by atoms with Crippen LogP contribution in [0, 0.1) is 5.41 Å². The first-order valence-corrected chi connectivity index (χ1v) is 8.64. The third-order valence-corrected chi connectivity index (χ3v) is 4.37. The topological polar surface area (TPSA) is 51.2 Å². The summed E-state index contributed by atoms with van der Waals surface area (Å²) in [6, 6.07) is 9.29. The molecule has 0 bridgehead atoms. The lowest BCUT2D eigenvalue weighted by molar-refractivity contribution is 0.196. The summed E-state index contributed by atoms with van der Waals surface area (Å²) in [5.41, 5.74) is 2.93. The van der Waals surface area contributed by atoms with Crippen LogP contribution in [0.25, 0.3) is 0 Å². The van der Waals surface area contributed by atoms with Crippen molar-refractivity contribution in [1.82, 2.24) is 15.5 Å². The Morgan fingerprint density at radius 3 is 2.77 bits per heavy atom. The van der Waals surface area contributed by atoms with Gasteiger partial charge in [-0.25, -0.2) is 0 Å². The van der Waals surface area contributed by atoms with E-state index in [2.05, 4.69) is 46.7 Å². The van der Waals surface area contributed by atoms with Crippen molar-refractivity contribution in [2.75, 3.05) is 13.2 Å². The summed E-state index contributed by atoms with van der Waals surface area (Å²) >= 11 is 0. The fourth-order valence-corrected chi connectivity index (χ4v) is 3.22. The minimum atomic E-state index is 0.420. The molecule has 1 aliphatic heterocycles. The third kappa shape index (κ3) is 4.47. The minimum Gasteiger partial charge on any atom is -0.357 e. The van der Waals surface area contributed by atoms with E-state index in [1.54, 1.807) is 0 Å². The summed E-state index contributed by atoms with van der Waals surface area (Å²) in [5.74, 6) is 0.420. The van der Waals surface area contributed by atoms with Crippen LogP contribution in [0.5, 0.6) is 0 Å². The van der Waals surface area contributed by atoms with Gasteiger partial charge >= 0.3 is 0 Å². The van der Waals surface area contributed by atoms with Crippen LogP contribution in [0.1, 0.15) is 63.1 Å². The molecule has 4 nitrogen and oxygen atoms in total. The van der Waals surface area contributed by atoms with Gasteiger partial charge in [-0.05, 0) is 24.5 Å². The summed E-state index contributed by atoms with van der Waals surface area (Å²) < 4.78 is 0. The van der Waals surface area contributed by atoms with E-state index < -0.39 is 0 Å². The Bertz CT molecular complexity index is 472. The van der Waals surface area contributed by atoms with Gasteiger partial charge in [-0.2, -0.15) is 0 Å². The second kappa shape index (κ2) is 8.79. The first-order valence-electron chi connectivity index (χ1n) is 8.64. The molecule has 0 amide bonds. The number of nitrogens with zero attached hydrogens (tertiary/aromatic N) is 1. The minimum absolute atomic E-state index is 0.420. The first-order chi connectivity index (χ1) is 10.8. The molecule has 1 unspecified atom stereocenters. The van der Waals surface area contributed by atoms with E-state index in [1.807, 2.05) is 6.92 Å². The average molecular weight is 302 g/mol. The van der Waals surface area contributed by atoms with Gasteiger partial charge in [0.05, 0.1) is 6.67 Å². The van der Waals surface area contributed by atoms with Crippen LogP contribution in [-0.4, -0.2) is 24.1 Å². The lowest BCUT2D eigenvalue weighted by Gasteiger charge is -2.26. The number of benzene rings is 1. The van der Waals surface area contributed by atoms with Gasteiger partial charge in [-0.3, -0.25) is 10.3 Å². The zero-order valence-electron chi connectivity index (χ0n) is 14.0. The number of rotatable bonds is 8. The van der Waals surface area contributed by atoms with Gasteiger partial charge in [0, 0.05) is 19.1 Å². The Hall–Kier alpha value is -1.55. The van der Waals surface area contributed by atoms with Crippen molar-refractivity contribution in [3.05, 3.63) is 35.4 Å². The summed E-state index contributed by atoms with van der Waals surface area (Å²) in [4.78, 5) is 2.46. The second-order valence-corrected chi connectivity index (χ2v) is 6.05. The molecular weight excluding hydrogens is 272 g/mol. The number of guanidine groups is 1. The summed E-state index contributed by atoms with van der Waals surface area (Å²) in [6.45, 7) is 6.78. The highest BCUT2D eigenvalue weighted by Crippen LogP contribution is 2.36. The van der Waals surface area contributed by atoms with Gasteiger partial charge in [0.1, 0.15) is 0 Å². The Morgan fingerprint density at radius 2 is 2.00 bits per heavy atom. The number of fused-ring (bicyclic) bond motifs is 1. The molecule has 0 fully saturated rings. The molecule has 1 aromatic rings. The summed E-state index contributed by atoms with van der Waals surface area (Å²) in [6.07, 6.45) is 6.44. The van der Waals surface area contributed by atoms with Crippen molar-refractivity contribution >= 4 is 5.96 Å². The van der Waals surface area contributed by atoms with Gasteiger partial charge in [0.25, 0.3) is 0 Å². The van der Waals surface area contributed by atoms with Crippen LogP contribution >= 0.6 is 0 Å². The van der Waals surface area contributed by atoms with Crippen molar-refractivity contribution in [2.24, 2.45) is 0 Å². The number of nitrogens with one attached hydrogen (secondary N) is 3. The molecule has 4 heteroatoms. The van der Waals surface area contributed by atoms with Crippen molar-refractivity contribution in [2.45, 2.75) is 58.5 Å². The fraction of sp³-hybridized carbons (Fsp3) is 0.611. The molecule has 0 radical (unpaired) electrons. The predicted octanol–water partition coefficient (Wildman–Crippen LogP) is 3.61. The van der Waals surface area contributed by atoms with Crippen molar-refractivity contribution in [1.29, 1.82) is 5.41 Å². The van der Waals surface area contributed by atoms with Gasteiger partial charge < -0.3 is 10.6 Å². The van der Waals surface area contributed by atoms with Crippen molar-refractivity contribution < 1.29 is 0 Å². The first kappa shape index (κ1) is 16.8. The Kier molecular flexibility index (Phi) is 6.72. The van der Waals surface area contributed by atoms with E-state index in [9.17, 15) is 0 Å². The average Bonchev–Trinajstić information content (AvgIpc) is 2.88. The van der Waals surface area contributed by atoms with Crippen molar-refractivity contribution in [3.8, 4) is 0 Å². The van der Waals surface area contributed by atoms with E-state index in [0.717, 1.165) is 19.8 Å². The molecule has 0 saturated carbocycles. The third-order valence-electron chi connectivity index (χ3n) is 4.37. The summed E-state index contributed by atoms with van der Waals surface area (Å²) in [7, 11) is 0. The lowest BCUT2D eigenvalue weighted by atomic mass is 9.99. The molecule has 0 spiro atoms. The monoisotopic (exact) mass is 302 g/mol. The Morgan fingerprint density at radius 1 is 1.18 bits per heavy atom. The standard InChI is InChI=1S/C18H30N4/c1-3-5-6-7-12-17-16-11-9-8-10-15(16)13-22(17)14-21-18(19)20-4-2/h8-11,17H,3-7,12-14H2,1-2H3,(H3,19,20,21). The number of unbranched alkanes of at least 4 members (excludes halogenated alkanes) is 3. The molecule has 1 heterocycles. The van der Waals surface area contributed by atoms with Gasteiger partial charge in [-0.15, -0.1) is 0 Å². The molecule has 3 N–H and O–H groups in total. The lowest BCUT2D eigenvalue weighted by Crippen LogP contribution is -2.42. The maximum absolute atomic E-state index is 7.82. The van der Waals surface area contributed by atoms with E-state index in [0.29, 0.717) is 12.0 Å². The highest BCUT2D eigenvalue weighted by Gasteiger charge is 2.29. The predicted molar refractivity (Wildman–Crippen MR) is 92.9 cm³/mol. The molecule has 1 aliphatic rings. The number of hydrogen-bond acceptors (Lipinski definition) is 2. The molecular formula is C18H30N4. The Labute approximate surface area is 134 Å². The largest absolute Gasteiger partial charge is 0.357 e. The van der Waals surface area contributed by atoms with Crippen LogP contribution in [0.15, 0.2) is 24.3 Å². The van der Waals surface area contributed by atoms with Crippen LogP contribution in [0.3, 0.4) is 0 Å². The zero-order chi connectivity index (χ0) is 15.8. The normalized spacial score (nSPS) is 17.3. The van der Waals surface area contributed by atoms with E-state index in [-0.39, 0.29) is 0 Å². The Balaban J connectivity index is 1.94. The molecule has 0 saturated heterocycles. The maximum atomic E-state index is 7.82. The van der Waals surface area contributed by atoms with Crippen molar-refractivity contribution in [3.63, 3.8) is 0 Å². The van der Waals surface area contributed by atoms with Crippen LogP contribution in [0.2, 0.25) is 0 Å². The van der Waals surface area contributed by atoms with Crippen LogP contribution in [-0.2, 0) is 6.54 Å². The number of hydrogen-bond donors (Lipinski definition) is 3. The second-order valence-electron chi connectivity index (χ2n) is 6.05. The SMILES string of the molecule is CCCCCCC1c2ccccc2CN1CNC(=N)NCC. The molecule has 1 atom stereocenters. The molecule has 22 heavy (non-hydrogen) atoms. The fourth-order valence-electron chi connectivity index (χ4n) is 3.22. The zero-order valence-corrected chi connectivity index (χ0v) is 14.0. The van der Waals surface area contributed by atoms with Gasteiger partial charge in [0.2, 0.25) is 0 Å². The summed E-state index contributed by atoms with van der Waals surface area (Å²) in [5, 5.41) is 14.0. The molecule has 0 aliphatic carbocycles. The van der Waals surface area contributed by atoms with Gasteiger partial charge in [0.15, 0.2) is 5.96 Å². The molecule has 1 aromatic carbocycles. The molecule has 0 aromatic heterocycles. The highest BCUT2D eigenvalue weighted by atomic mass is 15.3. The highest BCUT2D eigenvalue weighted by molar-refractivity contribution is 5.76. The quantitative estimate of drug-likeness (QED) is 0.391. The smallest absolute Gasteiger partial charge is 0.189 e. The van der Waals surface area contributed by atoms with Crippen LogP contribution < -0.4 is 10.6 Å².